The molecule has 37 heavy (non-hydrogen) atoms. The summed E-state index contributed by atoms with van der Waals surface area (Å²) in [5.41, 5.74) is 0.0618. The van der Waals surface area contributed by atoms with Crippen LogP contribution in [0.1, 0.15) is 57.0 Å². The number of carbonyl (C=O) groups is 2. The van der Waals surface area contributed by atoms with Gasteiger partial charge in [-0.1, -0.05) is 32.4 Å². The molecule has 1 aromatic rings. The number of rotatable bonds is 6. The second-order valence-electron chi connectivity index (χ2n) is 11.6. The SMILES string of the molecule is CCOC(=O)[C@]12CC(C)=C[C@@H](O[Si](C)(C)C(C)(C)C)C1C(=O)c1c(OC)ccc(OC)c1C21OCCO1. The Bertz CT molecular complexity index is 1110. The molecule has 9 heteroatoms. The van der Waals surface area contributed by atoms with Crippen LogP contribution in [0.15, 0.2) is 23.8 Å². The first kappa shape index (κ1) is 27.8. The van der Waals surface area contributed by atoms with Gasteiger partial charge in [-0.2, -0.15) is 0 Å². The van der Waals surface area contributed by atoms with Crippen molar-refractivity contribution in [3.63, 3.8) is 0 Å². The molecule has 1 aliphatic heterocycles. The van der Waals surface area contributed by atoms with E-state index in [2.05, 4.69) is 33.9 Å². The molecule has 1 unspecified atom stereocenters. The summed E-state index contributed by atoms with van der Waals surface area (Å²) in [5, 5.41) is -0.118. The summed E-state index contributed by atoms with van der Waals surface area (Å²) in [4.78, 5) is 28.9. The highest BCUT2D eigenvalue weighted by molar-refractivity contribution is 6.74. The largest absolute Gasteiger partial charge is 0.496 e. The Morgan fingerprint density at radius 1 is 1.11 bits per heavy atom. The number of allylic oxidation sites excluding steroid dienone is 1. The van der Waals surface area contributed by atoms with Gasteiger partial charge in [-0.25, -0.2) is 0 Å². The first-order chi connectivity index (χ1) is 17.3. The number of Topliss-reactive ketones (excluding diaryl/α,β-unsaturated/α-hetero) is 1. The molecule has 1 aromatic carbocycles. The Labute approximate surface area is 220 Å². The smallest absolute Gasteiger partial charge is 0.319 e. The highest BCUT2D eigenvalue weighted by Gasteiger charge is 2.74. The summed E-state index contributed by atoms with van der Waals surface area (Å²) in [7, 11) is 0.653. The van der Waals surface area contributed by atoms with E-state index in [4.69, 9.17) is 28.1 Å². The molecule has 1 spiro atoms. The van der Waals surface area contributed by atoms with E-state index in [1.807, 2.05) is 13.0 Å². The molecule has 1 saturated heterocycles. The molecule has 0 amide bonds. The van der Waals surface area contributed by atoms with Crippen molar-refractivity contribution >= 4 is 20.1 Å². The lowest BCUT2D eigenvalue weighted by Crippen LogP contribution is -2.66. The van der Waals surface area contributed by atoms with Gasteiger partial charge in [0.1, 0.15) is 16.9 Å². The molecule has 3 aliphatic rings. The van der Waals surface area contributed by atoms with E-state index in [0.717, 1.165) is 5.57 Å². The highest BCUT2D eigenvalue weighted by atomic mass is 28.4. The van der Waals surface area contributed by atoms with E-state index in [9.17, 15) is 9.59 Å². The van der Waals surface area contributed by atoms with Gasteiger partial charge in [0.2, 0.25) is 5.79 Å². The molecule has 4 rings (SSSR count). The fraction of sp³-hybridized carbons (Fsp3) is 0.643. The Hall–Kier alpha value is -2.20. The van der Waals surface area contributed by atoms with Gasteiger partial charge in [0.25, 0.3) is 0 Å². The lowest BCUT2D eigenvalue weighted by atomic mass is 9.53. The molecule has 0 bridgehead atoms. The topological polar surface area (TPSA) is 89.5 Å². The number of carbonyl (C=O) groups excluding carboxylic acids is 2. The predicted octanol–water partition coefficient (Wildman–Crippen LogP) is 5.01. The summed E-state index contributed by atoms with van der Waals surface area (Å²) in [6.45, 7) is 15.1. The zero-order valence-electron chi connectivity index (χ0n) is 23.5. The van der Waals surface area contributed by atoms with Gasteiger partial charge >= 0.3 is 5.97 Å². The van der Waals surface area contributed by atoms with Crippen molar-refractivity contribution in [2.45, 2.75) is 71.1 Å². The maximum Gasteiger partial charge on any atom is 0.319 e. The number of methoxy groups -OCH3 is 2. The zero-order chi connectivity index (χ0) is 27.4. The summed E-state index contributed by atoms with van der Waals surface area (Å²) in [5.74, 6) is -2.61. The van der Waals surface area contributed by atoms with Crippen molar-refractivity contribution in [2.75, 3.05) is 34.0 Å². The summed E-state index contributed by atoms with van der Waals surface area (Å²) < 4.78 is 36.9. The van der Waals surface area contributed by atoms with Crippen LogP contribution in [0.2, 0.25) is 18.1 Å². The van der Waals surface area contributed by atoms with E-state index < -0.39 is 37.5 Å². The fourth-order valence-corrected chi connectivity index (χ4v) is 7.08. The molecule has 1 heterocycles. The number of hydrogen-bond acceptors (Lipinski definition) is 8. The third-order valence-electron chi connectivity index (χ3n) is 8.45. The van der Waals surface area contributed by atoms with Crippen molar-refractivity contribution in [1.82, 2.24) is 0 Å². The van der Waals surface area contributed by atoms with Gasteiger partial charge in [-0.15, -0.1) is 0 Å². The molecule has 204 valence electrons. The Kier molecular flexibility index (Phi) is 7.16. The first-order valence-corrected chi connectivity index (χ1v) is 15.8. The van der Waals surface area contributed by atoms with Crippen LogP contribution in [0.3, 0.4) is 0 Å². The number of benzene rings is 1. The monoisotopic (exact) mass is 532 g/mol. The number of hydrogen-bond donors (Lipinski definition) is 0. The maximum absolute atomic E-state index is 14.7. The van der Waals surface area contributed by atoms with Crippen LogP contribution in [0.4, 0.5) is 0 Å². The minimum atomic E-state index is -2.38. The van der Waals surface area contributed by atoms with Gasteiger partial charge in [-0.05, 0) is 50.5 Å². The Morgan fingerprint density at radius 2 is 1.70 bits per heavy atom. The average Bonchev–Trinajstić information content (AvgIpc) is 3.31. The van der Waals surface area contributed by atoms with Crippen molar-refractivity contribution in [1.29, 1.82) is 0 Å². The van der Waals surface area contributed by atoms with Crippen LogP contribution in [0.5, 0.6) is 11.5 Å². The van der Waals surface area contributed by atoms with Gasteiger partial charge < -0.3 is 28.1 Å². The van der Waals surface area contributed by atoms with Crippen LogP contribution < -0.4 is 9.47 Å². The number of esters is 1. The van der Waals surface area contributed by atoms with E-state index in [-0.39, 0.29) is 37.1 Å². The summed E-state index contributed by atoms with van der Waals surface area (Å²) in [6.07, 6.45) is 1.53. The van der Waals surface area contributed by atoms with Crippen LogP contribution in [0.25, 0.3) is 0 Å². The van der Waals surface area contributed by atoms with Crippen LogP contribution in [-0.2, 0) is 29.2 Å². The van der Waals surface area contributed by atoms with Crippen molar-refractivity contribution < 1.29 is 37.7 Å². The third-order valence-corrected chi connectivity index (χ3v) is 12.9. The van der Waals surface area contributed by atoms with E-state index in [1.165, 1.54) is 14.2 Å². The molecule has 2 aliphatic carbocycles. The second-order valence-corrected chi connectivity index (χ2v) is 16.4. The predicted molar refractivity (Wildman–Crippen MR) is 140 cm³/mol. The van der Waals surface area contributed by atoms with Crippen molar-refractivity contribution in [3.8, 4) is 11.5 Å². The minimum Gasteiger partial charge on any atom is -0.496 e. The van der Waals surface area contributed by atoms with Gasteiger partial charge in [0.05, 0.1) is 57.2 Å². The fourth-order valence-electron chi connectivity index (χ4n) is 5.84. The Morgan fingerprint density at radius 3 is 2.24 bits per heavy atom. The second kappa shape index (κ2) is 9.52. The summed E-state index contributed by atoms with van der Waals surface area (Å²) >= 11 is 0. The average molecular weight is 533 g/mol. The highest BCUT2D eigenvalue weighted by Crippen LogP contribution is 2.65. The molecule has 0 N–H and O–H groups in total. The zero-order valence-corrected chi connectivity index (χ0v) is 24.5. The van der Waals surface area contributed by atoms with Gasteiger partial charge in [0.15, 0.2) is 14.1 Å². The molecule has 1 fully saturated rings. The molecular weight excluding hydrogens is 492 g/mol. The van der Waals surface area contributed by atoms with Crippen LogP contribution >= 0.6 is 0 Å². The minimum absolute atomic E-state index is 0.118. The first-order valence-electron chi connectivity index (χ1n) is 12.9. The number of fused-ring (bicyclic) bond motifs is 4. The Balaban J connectivity index is 2.09. The quantitative estimate of drug-likeness (QED) is 0.287. The standard InChI is InChI=1S/C28H40O8Si/c1-10-33-25(30)27-16-17(2)15-20(36-37(8,9)26(3,4)5)23(27)24(29)21-18(31-6)11-12-19(32-7)22(21)28(27)34-13-14-35-28/h11-12,15,20,23H,10,13-14,16H2,1-9H3/t20-,23?,27+/m1/s1. The van der Waals surface area contributed by atoms with Crippen molar-refractivity contribution in [2.24, 2.45) is 11.3 Å². The molecular formula is C28H40O8Si. The molecule has 3 atom stereocenters. The lowest BCUT2D eigenvalue weighted by molar-refractivity contribution is -0.272. The molecule has 0 aromatic heterocycles. The maximum atomic E-state index is 14.7. The number of ether oxygens (including phenoxy) is 5. The lowest BCUT2D eigenvalue weighted by Gasteiger charge is -2.56. The molecule has 8 nitrogen and oxygen atoms in total. The summed E-state index contributed by atoms with van der Waals surface area (Å²) in [6, 6.07) is 3.41. The van der Waals surface area contributed by atoms with E-state index >= 15 is 0 Å². The van der Waals surface area contributed by atoms with E-state index in [1.54, 1.807) is 19.1 Å². The van der Waals surface area contributed by atoms with Gasteiger partial charge in [-0.3, -0.25) is 9.59 Å². The van der Waals surface area contributed by atoms with Crippen LogP contribution in [0, 0.1) is 11.3 Å². The van der Waals surface area contributed by atoms with Crippen LogP contribution in [-0.4, -0.2) is 60.2 Å². The molecule has 0 saturated carbocycles. The van der Waals surface area contributed by atoms with Gasteiger partial charge in [0, 0.05) is 0 Å². The van der Waals surface area contributed by atoms with E-state index in [0.29, 0.717) is 22.6 Å². The number of ketones is 1. The molecule has 0 radical (unpaired) electrons. The normalized spacial score (nSPS) is 26.8. The third kappa shape index (κ3) is 3.97. The van der Waals surface area contributed by atoms with Crippen molar-refractivity contribution in [3.05, 3.63) is 34.9 Å².